The van der Waals surface area contributed by atoms with Gasteiger partial charge in [0.1, 0.15) is 0 Å². The van der Waals surface area contributed by atoms with E-state index in [9.17, 15) is 0 Å². The summed E-state index contributed by atoms with van der Waals surface area (Å²) in [6.07, 6.45) is 3.72. The monoisotopic (exact) mass is 187 g/mol. The van der Waals surface area contributed by atoms with E-state index in [1.165, 1.54) is 25.8 Å². The van der Waals surface area contributed by atoms with Gasteiger partial charge in [0.2, 0.25) is 0 Å². The highest BCUT2D eigenvalue weighted by atomic mass is 16.5. The number of ether oxygens (including phenoxy) is 1. The Bertz CT molecular complexity index is 115. The number of nitrogens with zero attached hydrogens (tertiary/aromatic N) is 1. The van der Waals surface area contributed by atoms with Crippen LogP contribution in [0.15, 0.2) is 0 Å². The SMILES string of the molecule is COCCCCCN1CNCNC1. The van der Waals surface area contributed by atoms with Crippen molar-refractivity contribution in [2.45, 2.75) is 19.3 Å². The molecule has 1 heterocycles. The van der Waals surface area contributed by atoms with Crippen molar-refractivity contribution in [3.8, 4) is 0 Å². The lowest BCUT2D eigenvalue weighted by Crippen LogP contribution is -2.50. The van der Waals surface area contributed by atoms with Gasteiger partial charge >= 0.3 is 0 Å². The largest absolute Gasteiger partial charge is 0.385 e. The quantitative estimate of drug-likeness (QED) is 0.581. The summed E-state index contributed by atoms with van der Waals surface area (Å²) in [4.78, 5) is 2.39. The third-order valence-corrected chi connectivity index (χ3v) is 2.24. The number of nitrogens with one attached hydrogen (secondary N) is 2. The van der Waals surface area contributed by atoms with E-state index in [0.29, 0.717) is 0 Å². The zero-order valence-electron chi connectivity index (χ0n) is 8.51. The summed E-state index contributed by atoms with van der Waals surface area (Å²) in [5.74, 6) is 0. The van der Waals surface area contributed by atoms with E-state index in [-0.39, 0.29) is 0 Å². The molecule has 4 heteroatoms. The van der Waals surface area contributed by atoms with Gasteiger partial charge in [0.05, 0.1) is 13.3 Å². The lowest BCUT2D eigenvalue weighted by atomic mass is 10.2. The van der Waals surface area contributed by atoms with E-state index in [2.05, 4.69) is 15.5 Å². The molecule has 1 rings (SSSR count). The molecular weight excluding hydrogens is 166 g/mol. The van der Waals surface area contributed by atoms with E-state index in [1.807, 2.05) is 0 Å². The number of methoxy groups -OCH3 is 1. The first-order chi connectivity index (χ1) is 6.43. The Morgan fingerprint density at radius 3 is 2.62 bits per heavy atom. The van der Waals surface area contributed by atoms with Gasteiger partial charge in [-0.1, -0.05) is 0 Å². The normalized spacial score (nSPS) is 19.2. The molecule has 2 N–H and O–H groups in total. The molecule has 0 aromatic carbocycles. The van der Waals surface area contributed by atoms with Crippen molar-refractivity contribution in [1.82, 2.24) is 15.5 Å². The van der Waals surface area contributed by atoms with Crippen LogP contribution in [-0.4, -0.2) is 45.2 Å². The molecule has 78 valence electrons. The van der Waals surface area contributed by atoms with Crippen molar-refractivity contribution >= 4 is 0 Å². The Morgan fingerprint density at radius 1 is 1.15 bits per heavy atom. The molecular formula is C9H21N3O. The number of hydrogen-bond donors (Lipinski definition) is 2. The summed E-state index contributed by atoms with van der Waals surface area (Å²) in [7, 11) is 1.76. The van der Waals surface area contributed by atoms with Gasteiger partial charge in [-0.3, -0.25) is 15.5 Å². The molecule has 0 amide bonds. The highest BCUT2D eigenvalue weighted by Crippen LogP contribution is 1.98. The maximum absolute atomic E-state index is 5.00. The van der Waals surface area contributed by atoms with Gasteiger partial charge in [0.25, 0.3) is 0 Å². The van der Waals surface area contributed by atoms with Gasteiger partial charge in [-0.2, -0.15) is 0 Å². The maximum atomic E-state index is 5.00. The fraction of sp³-hybridized carbons (Fsp3) is 1.00. The van der Waals surface area contributed by atoms with Crippen molar-refractivity contribution in [1.29, 1.82) is 0 Å². The van der Waals surface area contributed by atoms with Crippen molar-refractivity contribution < 1.29 is 4.74 Å². The molecule has 0 atom stereocenters. The fourth-order valence-electron chi connectivity index (χ4n) is 1.49. The van der Waals surface area contributed by atoms with Crippen LogP contribution in [0.25, 0.3) is 0 Å². The van der Waals surface area contributed by atoms with Crippen LogP contribution in [0.1, 0.15) is 19.3 Å². The van der Waals surface area contributed by atoms with E-state index < -0.39 is 0 Å². The second-order valence-electron chi connectivity index (χ2n) is 3.44. The Hall–Kier alpha value is -0.160. The Kier molecular flexibility index (Phi) is 6.10. The minimum atomic E-state index is 0.899. The number of hydrogen-bond acceptors (Lipinski definition) is 4. The van der Waals surface area contributed by atoms with E-state index in [1.54, 1.807) is 7.11 Å². The minimum absolute atomic E-state index is 0.899. The highest BCUT2D eigenvalue weighted by Gasteiger charge is 2.06. The standard InChI is InChI=1S/C9H21N3O/c1-13-6-4-2-3-5-12-8-10-7-11-9-12/h10-11H,2-9H2,1H3. The van der Waals surface area contributed by atoms with Crippen LogP contribution in [0.5, 0.6) is 0 Å². The van der Waals surface area contributed by atoms with Crippen LogP contribution in [0, 0.1) is 0 Å². The minimum Gasteiger partial charge on any atom is -0.385 e. The summed E-state index contributed by atoms with van der Waals surface area (Å²) < 4.78 is 5.00. The Morgan fingerprint density at radius 2 is 1.92 bits per heavy atom. The zero-order valence-corrected chi connectivity index (χ0v) is 8.51. The first kappa shape index (κ1) is 10.9. The molecule has 1 aliphatic heterocycles. The molecule has 4 nitrogen and oxygen atoms in total. The van der Waals surface area contributed by atoms with Crippen molar-refractivity contribution in [2.75, 3.05) is 40.3 Å². The third kappa shape index (κ3) is 5.21. The van der Waals surface area contributed by atoms with Gasteiger partial charge in [-0.15, -0.1) is 0 Å². The fourth-order valence-corrected chi connectivity index (χ4v) is 1.49. The molecule has 0 saturated carbocycles. The predicted octanol–water partition coefficient (Wildman–Crippen LogP) is 0.170. The molecule has 1 saturated heterocycles. The molecule has 1 fully saturated rings. The topological polar surface area (TPSA) is 36.5 Å². The number of unbranched alkanes of at least 4 members (excludes halogenated alkanes) is 2. The Balaban J connectivity index is 1.86. The van der Waals surface area contributed by atoms with Gasteiger partial charge in [0, 0.05) is 26.9 Å². The summed E-state index contributed by atoms with van der Waals surface area (Å²) in [5.41, 5.74) is 0. The summed E-state index contributed by atoms with van der Waals surface area (Å²) in [5, 5.41) is 6.55. The molecule has 0 unspecified atom stereocenters. The zero-order chi connectivity index (χ0) is 9.36. The first-order valence-electron chi connectivity index (χ1n) is 5.06. The number of rotatable bonds is 6. The molecule has 13 heavy (non-hydrogen) atoms. The molecule has 1 aliphatic rings. The summed E-state index contributed by atoms with van der Waals surface area (Å²) in [6, 6.07) is 0. The van der Waals surface area contributed by atoms with E-state index in [0.717, 1.165) is 26.6 Å². The van der Waals surface area contributed by atoms with Gasteiger partial charge in [-0.05, 0) is 19.3 Å². The first-order valence-corrected chi connectivity index (χ1v) is 5.06. The molecule has 0 spiro atoms. The van der Waals surface area contributed by atoms with Crippen molar-refractivity contribution in [3.63, 3.8) is 0 Å². The lowest BCUT2D eigenvalue weighted by Gasteiger charge is -2.27. The average molecular weight is 187 g/mol. The molecule has 0 aromatic rings. The second-order valence-corrected chi connectivity index (χ2v) is 3.44. The third-order valence-electron chi connectivity index (χ3n) is 2.24. The smallest absolute Gasteiger partial charge is 0.0502 e. The summed E-state index contributed by atoms with van der Waals surface area (Å²) in [6.45, 7) is 5.08. The van der Waals surface area contributed by atoms with E-state index in [4.69, 9.17) is 4.74 Å². The van der Waals surface area contributed by atoms with Crippen LogP contribution in [0.3, 0.4) is 0 Å². The van der Waals surface area contributed by atoms with E-state index >= 15 is 0 Å². The molecule has 0 aromatic heterocycles. The lowest BCUT2D eigenvalue weighted by molar-refractivity contribution is 0.175. The molecule has 0 aliphatic carbocycles. The Labute approximate surface area is 80.6 Å². The average Bonchev–Trinajstić information content (AvgIpc) is 2.19. The maximum Gasteiger partial charge on any atom is 0.0502 e. The highest BCUT2D eigenvalue weighted by molar-refractivity contribution is 4.60. The van der Waals surface area contributed by atoms with Gasteiger partial charge in [-0.25, -0.2) is 0 Å². The predicted molar refractivity (Wildman–Crippen MR) is 53.3 cm³/mol. The van der Waals surface area contributed by atoms with Crippen LogP contribution >= 0.6 is 0 Å². The summed E-state index contributed by atoms with van der Waals surface area (Å²) >= 11 is 0. The van der Waals surface area contributed by atoms with Gasteiger partial charge < -0.3 is 4.74 Å². The van der Waals surface area contributed by atoms with Crippen molar-refractivity contribution in [3.05, 3.63) is 0 Å². The van der Waals surface area contributed by atoms with Crippen LogP contribution in [0.4, 0.5) is 0 Å². The molecule has 0 radical (unpaired) electrons. The van der Waals surface area contributed by atoms with Crippen LogP contribution < -0.4 is 10.6 Å². The second kappa shape index (κ2) is 7.26. The van der Waals surface area contributed by atoms with Gasteiger partial charge in [0.15, 0.2) is 0 Å². The van der Waals surface area contributed by atoms with Crippen LogP contribution in [-0.2, 0) is 4.74 Å². The van der Waals surface area contributed by atoms with Crippen molar-refractivity contribution in [2.24, 2.45) is 0 Å². The van der Waals surface area contributed by atoms with Crippen LogP contribution in [0.2, 0.25) is 0 Å². The molecule has 0 bridgehead atoms.